The minimum atomic E-state index is -0.201. The van der Waals surface area contributed by atoms with Gasteiger partial charge in [-0.25, -0.2) is 4.98 Å². The molecule has 1 aliphatic rings. The van der Waals surface area contributed by atoms with Gasteiger partial charge in [0.2, 0.25) is 0 Å². The molecule has 0 unspecified atom stereocenters. The van der Waals surface area contributed by atoms with Crippen molar-refractivity contribution in [3.63, 3.8) is 0 Å². The van der Waals surface area contributed by atoms with Gasteiger partial charge in [-0.2, -0.15) is 0 Å². The zero-order valence-electron chi connectivity index (χ0n) is 18.0. The molecule has 5 aromatic rings. The number of hydrogen-bond donors (Lipinski definition) is 2. The quantitative estimate of drug-likeness (QED) is 0.431. The van der Waals surface area contributed by atoms with Crippen LogP contribution < -0.4 is 10.9 Å². The molecule has 7 nitrogen and oxygen atoms in total. The monoisotopic (exact) mass is 435 g/mol. The van der Waals surface area contributed by atoms with Gasteiger partial charge < -0.3 is 14.9 Å². The van der Waals surface area contributed by atoms with Gasteiger partial charge in [0.15, 0.2) is 0 Å². The molecule has 1 fully saturated rings. The number of hydrogen-bond acceptors (Lipinski definition) is 4. The third-order valence-electron chi connectivity index (χ3n) is 6.25. The minimum Gasteiger partial charge on any atom is -0.357 e. The number of amides is 1. The molecule has 0 atom stereocenters. The lowest BCUT2D eigenvalue weighted by atomic mass is 10.1. The summed E-state index contributed by atoms with van der Waals surface area (Å²) >= 11 is 0. The Bertz CT molecular complexity index is 1610. The maximum Gasteiger partial charge on any atom is 0.274 e. The number of aromatic amines is 1. The van der Waals surface area contributed by atoms with E-state index in [9.17, 15) is 9.59 Å². The van der Waals surface area contributed by atoms with E-state index in [0.717, 1.165) is 40.1 Å². The molecule has 6 rings (SSSR count). The lowest BCUT2D eigenvalue weighted by Gasteiger charge is -2.13. The van der Waals surface area contributed by atoms with Crippen molar-refractivity contribution in [3.05, 3.63) is 88.7 Å². The number of anilines is 1. The molecule has 1 aromatic carbocycles. The van der Waals surface area contributed by atoms with Crippen molar-refractivity contribution in [1.82, 2.24) is 19.5 Å². The molecule has 0 spiro atoms. The number of nitrogens with one attached hydrogen (secondary N) is 2. The summed E-state index contributed by atoms with van der Waals surface area (Å²) < 4.78 is 1.55. The maximum atomic E-state index is 13.2. The van der Waals surface area contributed by atoms with E-state index in [-0.39, 0.29) is 11.5 Å². The van der Waals surface area contributed by atoms with Crippen LogP contribution in [0.4, 0.5) is 5.82 Å². The number of carbonyl (C=O) groups excluding carboxylic acids is 1. The van der Waals surface area contributed by atoms with Crippen molar-refractivity contribution in [2.24, 2.45) is 7.05 Å². The Kier molecular flexibility index (Phi) is 4.36. The van der Waals surface area contributed by atoms with Crippen molar-refractivity contribution in [2.75, 3.05) is 5.32 Å². The summed E-state index contributed by atoms with van der Waals surface area (Å²) in [6.07, 6.45) is 9.23. The maximum absolute atomic E-state index is 13.2. The van der Waals surface area contributed by atoms with Crippen LogP contribution in [0.15, 0.2) is 72.0 Å². The van der Waals surface area contributed by atoms with Gasteiger partial charge in [0.25, 0.3) is 11.5 Å². The summed E-state index contributed by atoms with van der Waals surface area (Å²) in [6, 6.07) is 13.4. The molecule has 0 bridgehead atoms. The number of aromatic nitrogens is 4. The van der Waals surface area contributed by atoms with Crippen LogP contribution >= 0.6 is 0 Å². The van der Waals surface area contributed by atoms with Crippen molar-refractivity contribution < 1.29 is 4.79 Å². The second-order valence-corrected chi connectivity index (χ2v) is 8.53. The van der Waals surface area contributed by atoms with Gasteiger partial charge in [0, 0.05) is 53.7 Å². The van der Waals surface area contributed by atoms with Crippen LogP contribution in [0, 0.1) is 0 Å². The van der Waals surface area contributed by atoms with Gasteiger partial charge >= 0.3 is 0 Å². The second kappa shape index (κ2) is 7.41. The number of aryl methyl sites for hydroxylation is 1. The Hall–Kier alpha value is -4.26. The molecular formula is C26H21N5O2. The normalized spacial score (nSPS) is 13.5. The first-order valence-electron chi connectivity index (χ1n) is 10.9. The largest absolute Gasteiger partial charge is 0.357 e. The highest BCUT2D eigenvalue weighted by atomic mass is 16.1. The first-order chi connectivity index (χ1) is 16.1. The van der Waals surface area contributed by atoms with E-state index in [1.165, 1.54) is 0 Å². The topological polar surface area (TPSA) is 92.7 Å². The van der Waals surface area contributed by atoms with Gasteiger partial charge in [0.05, 0.1) is 5.69 Å². The Labute approximate surface area is 189 Å². The third-order valence-corrected chi connectivity index (χ3v) is 6.25. The smallest absolute Gasteiger partial charge is 0.274 e. The van der Waals surface area contributed by atoms with E-state index in [2.05, 4.69) is 15.3 Å². The highest BCUT2D eigenvalue weighted by molar-refractivity contribution is 6.06. The number of H-pyrrole nitrogens is 1. The van der Waals surface area contributed by atoms with Gasteiger partial charge in [0.1, 0.15) is 11.3 Å². The molecule has 0 radical (unpaired) electrons. The van der Waals surface area contributed by atoms with Crippen LogP contribution in [0.25, 0.3) is 32.9 Å². The highest BCUT2D eigenvalue weighted by Crippen LogP contribution is 2.43. The zero-order valence-corrected chi connectivity index (χ0v) is 18.0. The molecule has 7 heteroatoms. The number of benzene rings is 1. The average molecular weight is 435 g/mol. The lowest BCUT2D eigenvalue weighted by Crippen LogP contribution is -2.17. The predicted molar refractivity (Wildman–Crippen MR) is 128 cm³/mol. The van der Waals surface area contributed by atoms with Gasteiger partial charge in [-0.1, -0.05) is 12.1 Å². The second-order valence-electron chi connectivity index (χ2n) is 8.53. The molecule has 1 aliphatic carbocycles. The first kappa shape index (κ1) is 19.4. The van der Waals surface area contributed by atoms with Crippen molar-refractivity contribution >= 4 is 33.4 Å². The molecule has 4 heterocycles. The van der Waals surface area contributed by atoms with E-state index in [1.807, 2.05) is 36.4 Å². The summed E-state index contributed by atoms with van der Waals surface area (Å²) in [5.74, 6) is 0.789. The predicted octanol–water partition coefficient (Wildman–Crippen LogP) is 4.61. The van der Waals surface area contributed by atoms with Crippen LogP contribution in [0.2, 0.25) is 0 Å². The molecule has 1 amide bonds. The van der Waals surface area contributed by atoms with Crippen molar-refractivity contribution in [1.29, 1.82) is 0 Å². The molecule has 4 aromatic heterocycles. The fraction of sp³-hybridized carbons (Fsp3) is 0.154. The van der Waals surface area contributed by atoms with E-state index in [1.54, 1.807) is 42.5 Å². The van der Waals surface area contributed by atoms with E-state index in [4.69, 9.17) is 4.98 Å². The average Bonchev–Trinajstić information content (AvgIpc) is 3.56. The Morgan fingerprint density at radius 3 is 2.85 bits per heavy atom. The first-order valence-corrected chi connectivity index (χ1v) is 10.9. The molecule has 0 aliphatic heterocycles. The summed E-state index contributed by atoms with van der Waals surface area (Å²) in [6.45, 7) is 0. The van der Waals surface area contributed by atoms with E-state index in [0.29, 0.717) is 28.5 Å². The SMILES string of the molecule is Cn1cc(-c2ccc(C3CC3)c(NC(=O)c3ccc4cnccc4c3)n2)c2cc[nH]c2c1=O. The number of nitrogens with zero attached hydrogens (tertiary/aromatic N) is 3. The summed E-state index contributed by atoms with van der Waals surface area (Å²) in [7, 11) is 1.72. The Balaban J connectivity index is 1.42. The molecule has 162 valence electrons. The van der Waals surface area contributed by atoms with Gasteiger partial charge in [-0.15, -0.1) is 0 Å². The zero-order chi connectivity index (χ0) is 22.5. The van der Waals surface area contributed by atoms with E-state index < -0.39 is 0 Å². The minimum absolute atomic E-state index is 0.0895. The van der Waals surface area contributed by atoms with Crippen LogP contribution in [0.5, 0.6) is 0 Å². The van der Waals surface area contributed by atoms with Crippen LogP contribution in [-0.4, -0.2) is 25.4 Å². The fourth-order valence-corrected chi connectivity index (χ4v) is 4.32. The molecule has 0 saturated heterocycles. The van der Waals surface area contributed by atoms with E-state index >= 15 is 0 Å². The van der Waals surface area contributed by atoms with Crippen molar-refractivity contribution in [2.45, 2.75) is 18.8 Å². The number of carbonyl (C=O) groups is 1. The molecule has 33 heavy (non-hydrogen) atoms. The molecular weight excluding hydrogens is 414 g/mol. The van der Waals surface area contributed by atoms with Crippen LogP contribution in [0.3, 0.4) is 0 Å². The standard InChI is InChI=1S/C26H21N5O2/c1-31-14-21(20-9-11-28-23(20)26(31)33)22-7-6-19(15-2-3-15)24(29-22)30-25(32)17-4-5-18-13-27-10-8-16(18)12-17/h4-15,28H,2-3H2,1H3,(H,29,30,32). The fourth-order valence-electron chi connectivity index (χ4n) is 4.32. The Morgan fingerprint density at radius 1 is 1.12 bits per heavy atom. The molecule has 2 N–H and O–H groups in total. The summed E-state index contributed by atoms with van der Waals surface area (Å²) in [5.41, 5.74) is 3.61. The number of pyridine rings is 3. The van der Waals surface area contributed by atoms with Crippen LogP contribution in [0.1, 0.15) is 34.7 Å². The summed E-state index contributed by atoms with van der Waals surface area (Å²) in [4.78, 5) is 37.6. The number of rotatable bonds is 4. The van der Waals surface area contributed by atoms with Gasteiger partial charge in [-0.05, 0) is 60.0 Å². The third kappa shape index (κ3) is 3.38. The number of fused-ring (bicyclic) bond motifs is 2. The Morgan fingerprint density at radius 2 is 2.00 bits per heavy atom. The van der Waals surface area contributed by atoms with Crippen molar-refractivity contribution in [3.8, 4) is 11.3 Å². The lowest BCUT2D eigenvalue weighted by molar-refractivity contribution is 0.102. The summed E-state index contributed by atoms with van der Waals surface area (Å²) in [5, 5.41) is 5.80. The van der Waals surface area contributed by atoms with Gasteiger partial charge in [-0.3, -0.25) is 14.6 Å². The highest BCUT2D eigenvalue weighted by Gasteiger charge is 2.28. The van der Waals surface area contributed by atoms with Crippen LogP contribution in [-0.2, 0) is 7.05 Å². The molecule has 1 saturated carbocycles.